The number of nitrogens with zero attached hydrogens (tertiary/aromatic N) is 1. The van der Waals surface area contributed by atoms with E-state index >= 15 is 0 Å². The van der Waals surface area contributed by atoms with Crippen LogP contribution in [0.2, 0.25) is 0 Å². The van der Waals surface area contributed by atoms with Gasteiger partial charge in [0, 0.05) is 25.8 Å². The van der Waals surface area contributed by atoms with Crippen molar-refractivity contribution in [3.63, 3.8) is 0 Å². The minimum Gasteiger partial charge on any atom is -0.381 e. The average molecular weight is 265 g/mol. The number of aryl methyl sites for hydroxylation is 1. The second-order valence-corrected chi connectivity index (χ2v) is 5.23. The molecule has 2 rings (SSSR count). The van der Waals surface area contributed by atoms with Crippen LogP contribution in [0.3, 0.4) is 0 Å². The average Bonchev–Trinajstić information content (AvgIpc) is 2.42. The van der Waals surface area contributed by atoms with E-state index < -0.39 is 0 Å². The number of carbonyl (C=O) groups excluding carboxylic acids is 1. The molecule has 1 aliphatic heterocycles. The first-order valence-electron chi connectivity index (χ1n) is 6.67. The first-order chi connectivity index (χ1) is 9.08. The zero-order chi connectivity index (χ0) is 13.8. The van der Waals surface area contributed by atoms with Gasteiger partial charge in [-0.05, 0) is 49.4 Å². The van der Waals surface area contributed by atoms with E-state index in [9.17, 15) is 9.18 Å². The Bertz CT molecular complexity index is 455. The van der Waals surface area contributed by atoms with Crippen molar-refractivity contribution in [1.29, 1.82) is 0 Å². The normalized spacial score (nSPS) is 19.2. The lowest BCUT2D eigenvalue weighted by Gasteiger charge is -2.27. The lowest BCUT2D eigenvalue weighted by atomic mass is 10.0. The van der Waals surface area contributed by atoms with Gasteiger partial charge in [-0.15, -0.1) is 0 Å². The second-order valence-electron chi connectivity index (χ2n) is 5.23. The van der Waals surface area contributed by atoms with Crippen molar-refractivity contribution in [3.8, 4) is 0 Å². The van der Waals surface area contributed by atoms with Crippen LogP contribution in [0.15, 0.2) is 18.2 Å². The predicted octanol–water partition coefficient (Wildman–Crippen LogP) is 2.63. The number of halogens is 1. The van der Waals surface area contributed by atoms with E-state index in [0.29, 0.717) is 23.6 Å². The van der Waals surface area contributed by atoms with E-state index in [4.69, 9.17) is 4.74 Å². The number of hydrogen-bond donors (Lipinski definition) is 0. The van der Waals surface area contributed by atoms with Gasteiger partial charge in [0.2, 0.25) is 0 Å². The summed E-state index contributed by atoms with van der Waals surface area (Å²) in [5.41, 5.74) is 1.04. The van der Waals surface area contributed by atoms with Crippen molar-refractivity contribution in [2.24, 2.45) is 5.92 Å². The van der Waals surface area contributed by atoms with Crippen molar-refractivity contribution in [2.45, 2.75) is 19.8 Å². The molecule has 104 valence electrons. The summed E-state index contributed by atoms with van der Waals surface area (Å²) in [6.45, 7) is 3.90. The van der Waals surface area contributed by atoms with Gasteiger partial charge in [-0.25, -0.2) is 4.39 Å². The van der Waals surface area contributed by atoms with Crippen LogP contribution in [-0.4, -0.2) is 37.6 Å². The van der Waals surface area contributed by atoms with Crippen LogP contribution in [0.5, 0.6) is 0 Å². The summed E-state index contributed by atoms with van der Waals surface area (Å²) in [5, 5.41) is 0. The van der Waals surface area contributed by atoms with Crippen LogP contribution in [0, 0.1) is 18.7 Å². The van der Waals surface area contributed by atoms with Gasteiger partial charge in [-0.1, -0.05) is 0 Å². The van der Waals surface area contributed by atoms with Crippen LogP contribution >= 0.6 is 0 Å². The minimum atomic E-state index is -0.278. The van der Waals surface area contributed by atoms with E-state index in [2.05, 4.69) is 0 Å². The molecule has 1 atom stereocenters. The Morgan fingerprint density at radius 2 is 2.32 bits per heavy atom. The summed E-state index contributed by atoms with van der Waals surface area (Å²) in [7, 11) is 1.79. The molecule has 0 spiro atoms. The molecule has 0 aromatic heterocycles. The first kappa shape index (κ1) is 14.0. The molecule has 1 unspecified atom stereocenters. The molecule has 1 heterocycles. The van der Waals surface area contributed by atoms with E-state index in [1.54, 1.807) is 31.0 Å². The molecular formula is C15H20FNO2. The smallest absolute Gasteiger partial charge is 0.253 e. The predicted molar refractivity (Wildman–Crippen MR) is 71.6 cm³/mol. The molecule has 1 aliphatic rings. The summed E-state index contributed by atoms with van der Waals surface area (Å²) in [4.78, 5) is 13.9. The van der Waals surface area contributed by atoms with Crippen LogP contribution in [0.1, 0.15) is 28.8 Å². The molecule has 1 aromatic rings. The Labute approximate surface area is 113 Å². The van der Waals surface area contributed by atoms with Gasteiger partial charge in [0.05, 0.1) is 6.61 Å². The van der Waals surface area contributed by atoms with Gasteiger partial charge in [0.1, 0.15) is 5.82 Å². The molecule has 0 N–H and O–H groups in total. The van der Waals surface area contributed by atoms with Crippen LogP contribution in [0.25, 0.3) is 0 Å². The SMILES string of the molecule is Cc1cc(C(=O)N(C)CC2CCCOC2)ccc1F. The minimum absolute atomic E-state index is 0.0614. The van der Waals surface area contributed by atoms with E-state index in [-0.39, 0.29) is 11.7 Å². The maximum Gasteiger partial charge on any atom is 0.253 e. The highest BCUT2D eigenvalue weighted by Crippen LogP contribution is 2.16. The molecule has 1 amide bonds. The summed E-state index contributed by atoms with van der Waals surface area (Å²) in [6.07, 6.45) is 2.16. The highest BCUT2D eigenvalue weighted by Gasteiger charge is 2.19. The fraction of sp³-hybridized carbons (Fsp3) is 0.533. The summed E-state index contributed by atoms with van der Waals surface area (Å²) >= 11 is 0. The lowest BCUT2D eigenvalue weighted by Crippen LogP contribution is -2.35. The second kappa shape index (κ2) is 6.15. The summed E-state index contributed by atoms with van der Waals surface area (Å²) in [6, 6.07) is 4.49. The summed E-state index contributed by atoms with van der Waals surface area (Å²) < 4.78 is 18.6. The van der Waals surface area contributed by atoms with Gasteiger partial charge < -0.3 is 9.64 Å². The number of rotatable bonds is 3. The number of carbonyl (C=O) groups is 1. The van der Waals surface area contributed by atoms with Gasteiger partial charge in [0.15, 0.2) is 0 Å². The van der Waals surface area contributed by atoms with Crippen molar-refractivity contribution < 1.29 is 13.9 Å². The molecule has 1 aromatic carbocycles. The Balaban J connectivity index is 1.99. The fourth-order valence-corrected chi connectivity index (χ4v) is 2.42. The van der Waals surface area contributed by atoms with Crippen molar-refractivity contribution >= 4 is 5.91 Å². The summed E-state index contributed by atoms with van der Waals surface area (Å²) in [5.74, 6) is 0.0674. The van der Waals surface area contributed by atoms with Gasteiger partial charge >= 0.3 is 0 Å². The zero-order valence-corrected chi connectivity index (χ0v) is 11.5. The Hall–Kier alpha value is -1.42. The van der Waals surface area contributed by atoms with Crippen molar-refractivity contribution in [2.75, 3.05) is 26.8 Å². The molecule has 0 radical (unpaired) electrons. The third kappa shape index (κ3) is 3.53. The van der Waals surface area contributed by atoms with Crippen LogP contribution in [0.4, 0.5) is 4.39 Å². The third-order valence-electron chi connectivity index (χ3n) is 3.54. The standard InChI is InChI=1S/C15H20FNO2/c1-11-8-13(5-6-14(11)16)15(18)17(2)9-12-4-3-7-19-10-12/h5-6,8,12H,3-4,7,9-10H2,1-2H3. The number of amides is 1. The molecule has 0 saturated carbocycles. The molecule has 0 aliphatic carbocycles. The van der Waals surface area contributed by atoms with Gasteiger partial charge in [-0.3, -0.25) is 4.79 Å². The molecule has 0 bridgehead atoms. The highest BCUT2D eigenvalue weighted by molar-refractivity contribution is 5.94. The number of ether oxygens (including phenoxy) is 1. The van der Waals surface area contributed by atoms with Crippen molar-refractivity contribution in [1.82, 2.24) is 4.90 Å². The molecule has 4 heteroatoms. The monoisotopic (exact) mass is 265 g/mol. The van der Waals surface area contributed by atoms with E-state index in [1.165, 1.54) is 6.07 Å². The number of hydrogen-bond acceptors (Lipinski definition) is 2. The zero-order valence-electron chi connectivity index (χ0n) is 11.5. The van der Waals surface area contributed by atoms with E-state index in [1.807, 2.05) is 0 Å². The molecule has 3 nitrogen and oxygen atoms in total. The Morgan fingerprint density at radius 1 is 1.53 bits per heavy atom. The van der Waals surface area contributed by atoms with Gasteiger partial charge in [-0.2, -0.15) is 0 Å². The van der Waals surface area contributed by atoms with E-state index in [0.717, 1.165) is 26.1 Å². The number of benzene rings is 1. The first-order valence-corrected chi connectivity index (χ1v) is 6.67. The Kier molecular flexibility index (Phi) is 4.53. The quantitative estimate of drug-likeness (QED) is 0.841. The van der Waals surface area contributed by atoms with Gasteiger partial charge in [0.25, 0.3) is 5.91 Å². The molecule has 1 fully saturated rings. The largest absolute Gasteiger partial charge is 0.381 e. The van der Waals surface area contributed by atoms with Crippen LogP contribution < -0.4 is 0 Å². The molecule has 19 heavy (non-hydrogen) atoms. The molecular weight excluding hydrogens is 245 g/mol. The highest BCUT2D eigenvalue weighted by atomic mass is 19.1. The lowest BCUT2D eigenvalue weighted by molar-refractivity contribution is 0.0388. The molecule has 1 saturated heterocycles. The van der Waals surface area contributed by atoms with Crippen LogP contribution in [-0.2, 0) is 4.74 Å². The third-order valence-corrected chi connectivity index (χ3v) is 3.54. The van der Waals surface area contributed by atoms with Crippen molar-refractivity contribution in [3.05, 3.63) is 35.1 Å². The maximum atomic E-state index is 13.2. The maximum absolute atomic E-state index is 13.2. The fourth-order valence-electron chi connectivity index (χ4n) is 2.42. The Morgan fingerprint density at radius 3 is 2.95 bits per heavy atom. The topological polar surface area (TPSA) is 29.5 Å².